The molecule has 4 heteroatoms. The molecule has 0 saturated carbocycles. The average molecular weight is 301 g/mol. The second-order valence-electron chi connectivity index (χ2n) is 5.28. The zero-order chi connectivity index (χ0) is 16.1. The maximum absolute atomic E-state index is 13.6. The molecule has 0 spiro atoms. The van der Waals surface area contributed by atoms with Crippen LogP contribution in [0.5, 0.6) is 5.75 Å². The SMILES string of the molecule is COc1ccc(CCC(=O)Nc2c(C)cccc2C)cc1F. The van der Waals surface area contributed by atoms with E-state index in [4.69, 9.17) is 4.74 Å². The summed E-state index contributed by atoms with van der Waals surface area (Å²) < 4.78 is 18.5. The van der Waals surface area contributed by atoms with Crippen molar-refractivity contribution in [2.45, 2.75) is 26.7 Å². The molecule has 0 heterocycles. The summed E-state index contributed by atoms with van der Waals surface area (Å²) in [5.41, 5.74) is 3.69. The Bertz CT molecular complexity index is 663. The molecular weight excluding hydrogens is 281 g/mol. The van der Waals surface area contributed by atoms with Gasteiger partial charge in [-0.3, -0.25) is 4.79 Å². The van der Waals surface area contributed by atoms with Crippen molar-refractivity contribution >= 4 is 11.6 Å². The molecule has 0 unspecified atom stereocenters. The first kappa shape index (κ1) is 16.0. The highest BCUT2D eigenvalue weighted by atomic mass is 19.1. The van der Waals surface area contributed by atoms with E-state index in [1.807, 2.05) is 32.0 Å². The van der Waals surface area contributed by atoms with Crippen molar-refractivity contribution < 1.29 is 13.9 Å². The zero-order valence-corrected chi connectivity index (χ0v) is 13.1. The molecule has 0 fully saturated rings. The van der Waals surface area contributed by atoms with Gasteiger partial charge >= 0.3 is 0 Å². The number of halogens is 1. The van der Waals surface area contributed by atoms with Crippen LogP contribution < -0.4 is 10.1 Å². The third-order valence-electron chi connectivity index (χ3n) is 3.60. The average Bonchev–Trinajstić information content (AvgIpc) is 2.49. The molecule has 22 heavy (non-hydrogen) atoms. The number of carbonyl (C=O) groups excluding carboxylic acids is 1. The van der Waals surface area contributed by atoms with Crippen molar-refractivity contribution in [3.63, 3.8) is 0 Å². The van der Waals surface area contributed by atoms with Gasteiger partial charge in [-0.15, -0.1) is 0 Å². The van der Waals surface area contributed by atoms with Crippen molar-refractivity contribution in [2.24, 2.45) is 0 Å². The summed E-state index contributed by atoms with van der Waals surface area (Å²) in [6, 6.07) is 10.6. The van der Waals surface area contributed by atoms with Gasteiger partial charge in [0.25, 0.3) is 0 Å². The third kappa shape index (κ3) is 3.85. The molecule has 0 aliphatic heterocycles. The molecule has 0 aliphatic carbocycles. The van der Waals surface area contributed by atoms with Crippen LogP contribution in [-0.2, 0) is 11.2 Å². The molecule has 3 nitrogen and oxygen atoms in total. The summed E-state index contributed by atoms with van der Waals surface area (Å²) in [7, 11) is 1.43. The van der Waals surface area contributed by atoms with Gasteiger partial charge in [-0.2, -0.15) is 0 Å². The van der Waals surface area contributed by atoms with Gasteiger partial charge in [0.1, 0.15) is 0 Å². The minimum Gasteiger partial charge on any atom is -0.494 e. The van der Waals surface area contributed by atoms with Crippen LogP contribution in [-0.4, -0.2) is 13.0 Å². The normalized spacial score (nSPS) is 10.4. The van der Waals surface area contributed by atoms with E-state index in [1.54, 1.807) is 12.1 Å². The van der Waals surface area contributed by atoms with E-state index in [-0.39, 0.29) is 11.7 Å². The van der Waals surface area contributed by atoms with Crippen molar-refractivity contribution in [1.82, 2.24) is 0 Å². The molecular formula is C18H20FNO2. The minimum atomic E-state index is -0.407. The van der Waals surface area contributed by atoms with Gasteiger partial charge in [0.05, 0.1) is 7.11 Å². The van der Waals surface area contributed by atoms with E-state index in [9.17, 15) is 9.18 Å². The van der Waals surface area contributed by atoms with Crippen LogP contribution >= 0.6 is 0 Å². The first-order chi connectivity index (χ1) is 10.5. The van der Waals surface area contributed by atoms with Crippen LogP contribution in [0.15, 0.2) is 36.4 Å². The number of para-hydroxylation sites is 1. The van der Waals surface area contributed by atoms with E-state index in [0.717, 1.165) is 22.4 Å². The second kappa shape index (κ2) is 7.07. The van der Waals surface area contributed by atoms with E-state index in [0.29, 0.717) is 12.8 Å². The zero-order valence-electron chi connectivity index (χ0n) is 13.1. The van der Waals surface area contributed by atoms with Gasteiger partial charge in [-0.1, -0.05) is 24.3 Å². The largest absolute Gasteiger partial charge is 0.494 e. The first-order valence-electron chi connectivity index (χ1n) is 7.19. The fourth-order valence-corrected chi connectivity index (χ4v) is 2.34. The Morgan fingerprint density at radius 1 is 1.18 bits per heavy atom. The summed E-state index contributed by atoms with van der Waals surface area (Å²) in [6.45, 7) is 3.92. The Hall–Kier alpha value is -2.36. The first-order valence-corrected chi connectivity index (χ1v) is 7.19. The van der Waals surface area contributed by atoms with Gasteiger partial charge in [0.15, 0.2) is 11.6 Å². The molecule has 1 amide bonds. The molecule has 2 aromatic carbocycles. The monoisotopic (exact) mass is 301 g/mol. The molecule has 0 atom stereocenters. The van der Waals surface area contributed by atoms with Gasteiger partial charge in [-0.25, -0.2) is 4.39 Å². The number of nitrogens with one attached hydrogen (secondary N) is 1. The van der Waals surface area contributed by atoms with E-state index >= 15 is 0 Å². The van der Waals surface area contributed by atoms with Crippen LogP contribution in [0.25, 0.3) is 0 Å². The Morgan fingerprint density at radius 3 is 2.45 bits per heavy atom. The minimum absolute atomic E-state index is 0.0753. The lowest BCUT2D eigenvalue weighted by Crippen LogP contribution is -2.14. The summed E-state index contributed by atoms with van der Waals surface area (Å²) in [6.07, 6.45) is 0.789. The molecule has 116 valence electrons. The van der Waals surface area contributed by atoms with Gasteiger partial charge in [-0.05, 0) is 49.1 Å². The number of aryl methyl sites for hydroxylation is 3. The Labute approximate surface area is 130 Å². The predicted molar refractivity (Wildman–Crippen MR) is 85.8 cm³/mol. The van der Waals surface area contributed by atoms with E-state index in [1.165, 1.54) is 13.2 Å². The number of methoxy groups -OCH3 is 1. The van der Waals surface area contributed by atoms with Crippen molar-refractivity contribution in [1.29, 1.82) is 0 Å². The van der Waals surface area contributed by atoms with Gasteiger partial charge in [0.2, 0.25) is 5.91 Å². The molecule has 0 bridgehead atoms. The van der Waals surface area contributed by atoms with Crippen LogP contribution in [0.4, 0.5) is 10.1 Å². The number of rotatable bonds is 5. The second-order valence-corrected chi connectivity index (χ2v) is 5.28. The Morgan fingerprint density at radius 2 is 1.86 bits per heavy atom. The Balaban J connectivity index is 1.97. The Kier molecular flexibility index (Phi) is 5.15. The van der Waals surface area contributed by atoms with Gasteiger partial charge < -0.3 is 10.1 Å². The molecule has 1 N–H and O–H groups in total. The predicted octanol–water partition coefficient (Wildman–Crippen LogP) is 4.02. The lowest BCUT2D eigenvalue weighted by molar-refractivity contribution is -0.116. The van der Waals surface area contributed by atoms with Crippen molar-refractivity contribution in [3.05, 3.63) is 58.9 Å². The number of benzene rings is 2. The number of hydrogen-bond acceptors (Lipinski definition) is 2. The topological polar surface area (TPSA) is 38.3 Å². The molecule has 0 radical (unpaired) electrons. The maximum atomic E-state index is 13.6. The van der Waals surface area contributed by atoms with Crippen molar-refractivity contribution in [2.75, 3.05) is 12.4 Å². The lowest BCUT2D eigenvalue weighted by Gasteiger charge is -2.11. The lowest BCUT2D eigenvalue weighted by atomic mass is 10.1. The van der Waals surface area contributed by atoms with Crippen LogP contribution in [0.1, 0.15) is 23.1 Å². The number of anilines is 1. The number of amides is 1. The summed E-state index contributed by atoms with van der Waals surface area (Å²) >= 11 is 0. The smallest absolute Gasteiger partial charge is 0.224 e. The van der Waals surface area contributed by atoms with Crippen molar-refractivity contribution in [3.8, 4) is 5.75 Å². The number of hydrogen-bond donors (Lipinski definition) is 1. The molecule has 2 aromatic rings. The molecule has 0 saturated heterocycles. The van der Waals surface area contributed by atoms with Crippen LogP contribution in [0.3, 0.4) is 0 Å². The fourth-order valence-electron chi connectivity index (χ4n) is 2.34. The fraction of sp³-hybridized carbons (Fsp3) is 0.278. The van der Waals surface area contributed by atoms with Crippen LogP contribution in [0, 0.1) is 19.7 Å². The number of ether oxygens (including phenoxy) is 1. The maximum Gasteiger partial charge on any atom is 0.224 e. The van der Waals surface area contributed by atoms with E-state index in [2.05, 4.69) is 5.32 Å². The highest BCUT2D eigenvalue weighted by Gasteiger charge is 2.09. The van der Waals surface area contributed by atoms with Gasteiger partial charge in [0, 0.05) is 12.1 Å². The third-order valence-corrected chi connectivity index (χ3v) is 3.60. The number of carbonyl (C=O) groups is 1. The quantitative estimate of drug-likeness (QED) is 0.905. The van der Waals surface area contributed by atoms with Crippen LogP contribution in [0.2, 0.25) is 0 Å². The summed E-state index contributed by atoms with van der Waals surface area (Å²) in [5.74, 6) is -0.271. The highest BCUT2D eigenvalue weighted by molar-refractivity contribution is 5.92. The summed E-state index contributed by atoms with van der Waals surface area (Å²) in [4.78, 5) is 12.1. The summed E-state index contributed by atoms with van der Waals surface area (Å²) in [5, 5.41) is 2.93. The molecule has 0 aromatic heterocycles. The van der Waals surface area contributed by atoms with E-state index < -0.39 is 5.82 Å². The molecule has 2 rings (SSSR count). The highest BCUT2D eigenvalue weighted by Crippen LogP contribution is 2.21. The standard InChI is InChI=1S/C18H20FNO2/c1-12-5-4-6-13(2)18(12)20-17(21)10-8-14-7-9-16(22-3)15(19)11-14/h4-7,9,11H,8,10H2,1-3H3,(H,20,21). The molecule has 0 aliphatic rings.